The third-order valence-corrected chi connectivity index (χ3v) is 10.3. The summed E-state index contributed by atoms with van der Waals surface area (Å²) < 4.78 is 6.50. The van der Waals surface area contributed by atoms with Crippen LogP contribution in [0.2, 0.25) is 5.02 Å². The molecule has 3 saturated heterocycles. The van der Waals surface area contributed by atoms with Gasteiger partial charge in [0.25, 0.3) is 0 Å². The number of nitrogens with zero attached hydrogens (tertiary/aromatic N) is 2. The van der Waals surface area contributed by atoms with Crippen LogP contribution in [0.25, 0.3) is 0 Å². The first-order valence-corrected chi connectivity index (χ1v) is 16.1. The Morgan fingerprint density at radius 2 is 1.88 bits per heavy atom. The minimum absolute atomic E-state index is 0.117. The third-order valence-electron chi connectivity index (χ3n) is 10.0. The first-order chi connectivity index (χ1) is 19.9. The summed E-state index contributed by atoms with van der Waals surface area (Å²) in [5.41, 5.74) is -0.558. The number of halogens is 1. The van der Waals surface area contributed by atoms with Crippen molar-refractivity contribution in [1.29, 1.82) is 0 Å². The normalized spacial score (nSPS) is 33.3. The molecule has 6 rings (SSSR count). The molecule has 0 radical (unpaired) electrons. The van der Waals surface area contributed by atoms with Crippen molar-refractivity contribution in [2.24, 2.45) is 11.8 Å². The topological polar surface area (TPSA) is 91.0 Å². The molecule has 5 aliphatic rings. The van der Waals surface area contributed by atoms with E-state index >= 15 is 0 Å². The molecule has 9 heteroatoms. The van der Waals surface area contributed by atoms with Crippen LogP contribution in [0.1, 0.15) is 71.1 Å². The van der Waals surface area contributed by atoms with Crippen LogP contribution < -0.4 is 10.6 Å². The summed E-state index contributed by atoms with van der Waals surface area (Å²) in [5, 5.41) is 6.74. The molecular weight excluding hydrogens is 540 g/mol. The van der Waals surface area contributed by atoms with E-state index in [4.69, 9.17) is 16.3 Å². The van der Waals surface area contributed by atoms with Crippen LogP contribution in [0.5, 0.6) is 0 Å². The predicted molar refractivity (Wildman–Crippen MR) is 158 cm³/mol. The molecule has 1 aliphatic carbocycles. The lowest BCUT2D eigenvalue weighted by atomic mass is 9.74. The van der Waals surface area contributed by atoms with Crippen molar-refractivity contribution in [3.63, 3.8) is 0 Å². The van der Waals surface area contributed by atoms with Crippen molar-refractivity contribution in [3.05, 3.63) is 41.4 Å². The van der Waals surface area contributed by atoms with E-state index in [2.05, 4.69) is 22.5 Å². The van der Waals surface area contributed by atoms with Crippen LogP contribution in [0.15, 0.2) is 36.4 Å². The number of fused-ring (bicyclic) bond motifs is 1. The number of likely N-dealkylation sites (tertiary alicyclic amines) is 2. The van der Waals surface area contributed by atoms with Gasteiger partial charge in [-0.1, -0.05) is 62.4 Å². The summed E-state index contributed by atoms with van der Waals surface area (Å²) in [4.78, 5) is 46.2. The smallest absolute Gasteiger partial charge is 0.246 e. The maximum absolute atomic E-state index is 14.2. The molecule has 2 bridgehead atoms. The van der Waals surface area contributed by atoms with Crippen LogP contribution in [-0.2, 0) is 19.1 Å². The number of benzene rings is 1. The lowest BCUT2D eigenvalue weighted by Gasteiger charge is -2.36. The molecule has 1 spiro atoms. The Hall–Kier alpha value is -2.42. The largest absolute Gasteiger partial charge is 0.359 e. The van der Waals surface area contributed by atoms with Crippen molar-refractivity contribution in [3.8, 4) is 0 Å². The van der Waals surface area contributed by atoms with Gasteiger partial charge in [0.05, 0.1) is 17.9 Å². The van der Waals surface area contributed by atoms with E-state index < -0.39 is 29.6 Å². The number of nitrogens with one attached hydrogen (secondary N) is 2. The van der Waals surface area contributed by atoms with Crippen molar-refractivity contribution in [2.45, 2.75) is 101 Å². The predicted octanol–water partition coefficient (Wildman–Crippen LogP) is 4.53. The fourth-order valence-corrected chi connectivity index (χ4v) is 8.28. The number of piperidine rings is 1. The SMILES string of the molecule is CC[C@@H]1CCCCN1CCCN1C(=O)[C@@H]2[C@@H](C(=O)Nc3cccc(Cl)c3)[C@@H]3C=C[C@@]2(O3)[C@H]1C(=O)NC1CCCCC1. The van der Waals surface area contributed by atoms with E-state index in [1.165, 1.54) is 25.7 Å². The molecule has 0 aromatic heterocycles. The van der Waals surface area contributed by atoms with Crippen LogP contribution in [0.3, 0.4) is 0 Å². The second kappa shape index (κ2) is 12.1. The van der Waals surface area contributed by atoms with Gasteiger partial charge in [-0.2, -0.15) is 0 Å². The highest BCUT2D eigenvalue weighted by molar-refractivity contribution is 6.30. The Morgan fingerprint density at radius 1 is 1.07 bits per heavy atom. The minimum Gasteiger partial charge on any atom is -0.359 e. The number of rotatable bonds is 9. The molecule has 8 nitrogen and oxygen atoms in total. The van der Waals surface area contributed by atoms with Crippen LogP contribution in [0, 0.1) is 11.8 Å². The molecule has 41 heavy (non-hydrogen) atoms. The Labute approximate surface area is 248 Å². The second-order valence-electron chi connectivity index (χ2n) is 12.5. The number of hydrogen-bond donors (Lipinski definition) is 2. The zero-order valence-corrected chi connectivity index (χ0v) is 24.8. The molecule has 4 heterocycles. The van der Waals surface area contributed by atoms with Crippen molar-refractivity contribution >= 4 is 35.0 Å². The molecule has 6 atom stereocenters. The molecule has 4 aliphatic heterocycles. The Bertz CT molecular complexity index is 1190. The highest BCUT2D eigenvalue weighted by Crippen LogP contribution is 2.55. The third kappa shape index (κ3) is 5.43. The fourth-order valence-electron chi connectivity index (χ4n) is 8.09. The molecule has 1 saturated carbocycles. The number of ether oxygens (including phenoxy) is 1. The average Bonchev–Trinajstić information content (AvgIpc) is 3.61. The Morgan fingerprint density at radius 3 is 2.66 bits per heavy atom. The Kier molecular flexibility index (Phi) is 8.44. The molecule has 0 unspecified atom stereocenters. The van der Waals surface area contributed by atoms with Gasteiger partial charge in [-0.25, -0.2) is 0 Å². The Balaban J connectivity index is 1.23. The van der Waals surface area contributed by atoms with Crippen LogP contribution in [-0.4, -0.2) is 77.0 Å². The number of carbonyl (C=O) groups is 3. The van der Waals surface area contributed by atoms with E-state index in [9.17, 15) is 14.4 Å². The monoisotopic (exact) mass is 582 g/mol. The zero-order valence-electron chi connectivity index (χ0n) is 24.0. The summed E-state index contributed by atoms with van der Waals surface area (Å²) in [6.07, 6.45) is 14.1. The van der Waals surface area contributed by atoms with Gasteiger partial charge in [0.2, 0.25) is 17.7 Å². The standard InChI is InChI=1S/C32H43ClN4O4/c1-2-24-14-6-7-17-36(24)18-9-19-37-28(30(39)34-22-11-4-3-5-12-22)32-16-15-25(41-32)26(27(32)31(37)40)29(38)35-23-13-8-10-21(33)20-23/h8,10,13,15-16,20,22,24-28H,2-7,9,11-12,14,17-19H2,1H3,(H,34,39)(H,35,38)/t24-,25+,26+,27+,28-,32+/m1/s1. The van der Waals surface area contributed by atoms with Gasteiger partial charge in [0.15, 0.2) is 0 Å². The molecule has 222 valence electrons. The summed E-state index contributed by atoms with van der Waals surface area (Å²) >= 11 is 6.14. The average molecular weight is 583 g/mol. The molecule has 3 amide bonds. The van der Waals surface area contributed by atoms with Crippen LogP contribution >= 0.6 is 11.6 Å². The summed E-state index contributed by atoms with van der Waals surface area (Å²) in [6, 6.07) is 6.90. The lowest BCUT2D eigenvalue weighted by molar-refractivity contribution is -0.141. The second-order valence-corrected chi connectivity index (χ2v) is 13.0. The van der Waals surface area contributed by atoms with Gasteiger partial charge in [-0.15, -0.1) is 0 Å². The van der Waals surface area contributed by atoms with Gasteiger partial charge in [-0.05, 0) is 63.3 Å². The molecule has 2 N–H and O–H groups in total. The van der Waals surface area contributed by atoms with Gasteiger partial charge in [-0.3, -0.25) is 14.4 Å². The highest BCUT2D eigenvalue weighted by Gasteiger charge is 2.72. The molecular formula is C32H43ClN4O4. The van der Waals surface area contributed by atoms with Crippen molar-refractivity contribution in [1.82, 2.24) is 15.1 Å². The highest BCUT2D eigenvalue weighted by atomic mass is 35.5. The maximum Gasteiger partial charge on any atom is 0.246 e. The van der Waals surface area contributed by atoms with Gasteiger partial charge < -0.3 is 25.2 Å². The van der Waals surface area contributed by atoms with E-state index in [1.807, 2.05) is 12.2 Å². The lowest BCUT2D eigenvalue weighted by Crippen LogP contribution is -2.56. The van der Waals surface area contributed by atoms with Gasteiger partial charge in [0, 0.05) is 35.9 Å². The number of anilines is 1. The summed E-state index contributed by atoms with van der Waals surface area (Å²) in [7, 11) is 0. The van der Waals surface area contributed by atoms with Gasteiger partial charge in [0.1, 0.15) is 11.6 Å². The van der Waals surface area contributed by atoms with E-state index in [0.29, 0.717) is 23.3 Å². The molecule has 1 aromatic rings. The van der Waals surface area contributed by atoms with Crippen molar-refractivity contribution in [2.75, 3.05) is 25.0 Å². The van der Waals surface area contributed by atoms with Crippen molar-refractivity contribution < 1.29 is 19.1 Å². The fraction of sp³-hybridized carbons (Fsp3) is 0.656. The van der Waals surface area contributed by atoms with E-state index in [0.717, 1.165) is 51.6 Å². The zero-order chi connectivity index (χ0) is 28.6. The quantitative estimate of drug-likeness (QED) is 0.418. The number of hydrogen-bond acceptors (Lipinski definition) is 5. The van der Waals surface area contributed by atoms with E-state index in [-0.39, 0.29) is 23.8 Å². The first-order valence-electron chi connectivity index (χ1n) is 15.7. The van der Waals surface area contributed by atoms with Gasteiger partial charge >= 0.3 is 0 Å². The summed E-state index contributed by atoms with van der Waals surface area (Å²) in [5.74, 6) is -2.05. The minimum atomic E-state index is -1.13. The summed E-state index contributed by atoms with van der Waals surface area (Å²) in [6.45, 7) is 4.70. The molecule has 4 fully saturated rings. The maximum atomic E-state index is 14.2. The van der Waals surface area contributed by atoms with E-state index in [1.54, 1.807) is 29.2 Å². The van der Waals surface area contributed by atoms with Crippen LogP contribution in [0.4, 0.5) is 5.69 Å². The number of carbonyl (C=O) groups excluding carboxylic acids is 3. The number of amides is 3. The molecule has 1 aromatic carbocycles. The first kappa shape index (κ1) is 28.7.